The maximum atomic E-state index is 9.73. The standard InChI is InChI=1S/C21H23N5O2/c1-16(27)21-23-10-13-26(21)15-18-14-20(28-24-18)7-4-17-2-5-19(6-3-17)25-11-8-22-9-12-25/h2-3,5-6,10,13-14,16,22,27H,8-9,11-12,15H2,1H3/t16-/m0/s1. The molecule has 4 rings (SSSR count). The third kappa shape index (κ3) is 4.25. The maximum absolute atomic E-state index is 9.73. The van der Waals surface area contributed by atoms with Crippen LogP contribution in [0, 0.1) is 11.8 Å². The molecule has 1 atom stereocenters. The van der Waals surface area contributed by atoms with Crippen molar-refractivity contribution in [1.29, 1.82) is 0 Å². The van der Waals surface area contributed by atoms with Crippen molar-refractivity contribution in [3.63, 3.8) is 0 Å². The van der Waals surface area contributed by atoms with Gasteiger partial charge in [0.1, 0.15) is 17.6 Å². The summed E-state index contributed by atoms with van der Waals surface area (Å²) in [5.41, 5.74) is 2.89. The minimum absolute atomic E-state index is 0.477. The van der Waals surface area contributed by atoms with Crippen LogP contribution in [0.3, 0.4) is 0 Å². The predicted molar refractivity (Wildman–Crippen MR) is 106 cm³/mol. The number of imidazole rings is 1. The van der Waals surface area contributed by atoms with Gasteiger partial charge < -0.3 is 24.4 Å². The Morgan fingerprint density at radius 1 is 1.21 bits per heavy atom. The number of aliphatic hydroxyl groups is 1. The Hall–Kier alpha value is -3.08. The summed E-state index contributed by atoms with van der Waals surface area (Å²) in [4.78, 5) is 6.52. The van der Waals surface area contributed by atoms with Crippen LogP contribution in [0.2, 0.25) is 0 Å². The molecule has 0 saturated carbocycles. The van der Waals surface area contributed by atoms with Gasteiger partial charge in [-0.25, -0.2) is 4.98 Å². The summed E-state index contributed by atoms with van der Waals surface area (Å²) < 4.78 is 7.16. The van der Waals surface area contributed by atoms with E-state index in [1.165, 1.54) is 5.69 Å². The van der Waals surface area contributed by atoms with Crippen molar-refractivity contribution < 1.29 is 9.63 Å². The van der Waals surface area contributed by atoms with Crippen LogP contribution in [0.4, 0.5) is 5.69 Å². The van der Waals surface area contributed by atoms with Gasteiger partial charge >= 0.3 is 0 Å². The highest BCUT2D eigenvalue weighted by molar-refractivity contribution is 5.51. The molecular formula is C21H23N5O2. The Morgan fingerprint density at radius 3 is 2.75 bits per heavy atom. The molecule has 7 heteroatoms. The van der Waals surface area contributed by atoms with Crippen molar-refractivity contribution in [1.82, 2.24) is 20.0 Å². The highest BCUT2D eigenvalue weighted by atomic mass is 16.5. The van der Waals surface area contributed by atoms with E-state index in [9.17, 15) is 5.11 Å². The van der Waals surface area contributed by atoms with E-state index in [4.69, 9.17) is 4.52 Å². The van der Waals surface area contributed by atoms with Crippen LogP contribution in [0.5, 0.6) is 0 Å². The van der Waals surface area contributed by atoms with E-state index in [0.29, 0.717) is 18.1 Å². The van der Waals surface area contributed by atoms with Crippen LogP contribution in [0.1, 0.15) is 35.9 Å². The molecule has 1 fully saturated rings. The summed E-state index contributed by atoms with van der Waals surface area (Å²) >= 11 is 0. The molecule has 0 amide bonds. The van der Waals surface area contributed by atoms with Gasteiger partial charge in [-0.05, 0) is 37.1 Å². The number of aliphatic hydroxyl groups excluding tert-OH is 1. The topological polar surface area (TPSA) is 79.4 Å². The normalized spacial score (nSPS) is 15.1. The predicted octanol–water partition coefficient (Wildman–Crippen LogP) is 1.78. The summed E-state index contributed by atoms with van der Waals surface area (Å²) in [5.74, 6) is 7.25. The summed E-state index contributed by atoms with van der Waals surface area (Å²) in [6, 6.07) is 10.1. The van der Waals surface area contributed by atoms with Gasteiger partial charge in [-0.15, -0.1) is 0 Å². The average molecular weight is 377 g/mol. The number of aromatic nitrogens is 3. The number of hydrogen-bond acceptors (Lipinski definition) is 6. The fourth-order valence-electron chi connectivity index (χ4n) is 3.25. The fraction of sp³-hybridized carbons (Fsp3) is 0.333. The summed E-state index contributed by atoms with van der Waals surface area (Å²) in [5, 5.41) is 17.2. The van der Waals surface area contributed by atoms with E-state index in [2.05, 4.69) is 44.3 Å². The van der Waals surface area contributed by atoms with Gasteiger partial charge in [0.2, 0.25) is 5.76 Å². The van der Waals surface area contributed by atoms with E-state index in [0.717, 1.165) is 37.4 Å². The number of hydrogen-bond donors (Lipinski definition) is 2. The van der Waals surface area contributed by atoms with Gasteiger partial charge in [-0.2, -0.15) is 0 Å². The number of anilines is 1. The molecule has 2 aromatic heterocycles. The first kappa shape index (κ1) is 18.3. The van der Waals surface area contributed by atoms with Crippen LogP contribution < -0.4 is 10.2 Å². The summed E-state index contributed by atoms with van der Waals surface area (Å²) in [7, 11) is 0. The van der Waals surface area contributed by atoms with Gasteiger partial charge in [-0.3, -0.25) is 0 Å². The highest BCUT2D eigenvalue weighted by Gasteiger charge is 2.11. The first-order chi connectivity index (χ1) is 13.7. The third-order valence-corrected chi connectivity index (χ3v) is 4.69. The van der Waals surface area contributed by atoms with Crippen LogP contribution >= 0.6 is 0 Å². The lowest BCUT2D eigenvalue weighted by Crippen LogP contribution is -2.43. The van der Waals surface area contributed by atoms with Crippen molar-refractivity contribution in [2.24, 2.45) is 0 Å². The van der Waals surface area contributed by atoms with E-state index < -0.39 is 6.10 Å². The smallest absolute Gasteiger partial charge is 0.210 e. The zero-order chi connectivity index (χ0) is 19.3. The average Bonchev–Trinajstić information content (AvgIpc) is 3.37. The zero-order valence-electron chi connectivity index (χ0n) is 15.8. The molecule has 3 heterocycles. The molecular weight excluding hydrogens is 354 g/mol. The van der Waals surface area contributed by atoms with E-state index in [1.807, 2.05) is 29.0 Å². The minimum atomic E-state index is -0.634. The molecule has 7 nitrogen and oxygen atoms in total. The molecule has 0 unspecified atom stereocenters. The lowest BCUT2D eigenvalue weighted by atomic mass is 10.2. The van der Waals surface area contributed by atoms with Gasteiger partial charge in [0.15, 0.2) is 0 Å². The van der Waals surface area contributed by atoms with Gasteiger partial charge in [0, 0.05) is 55.9 Å². The van der Waals surface area contributed by atoms with Crippen molar-refractivity contribution in [3.8, 4) is 11.8 Å². The molecule has 1 aromatic carbocycles. The molecule has 0 radical (unpaired) electrons. The third-order valence-electron chi connectivity index (χ3n) is 4.69. The zero-order valence-corrected chi connectivity index (χ0v) is 15.8. The number of nitrogens with one attached hydrogen (secondary N) is 1. The van der Waals surface area contributed by atoms with Crippen LogP contribution in [-0.4, -0.2) is 46.0 Å². The lowest BCUT2D eigenvalue weighted by molar-refractivity contribution is 0.184. The number of nitrogens with zero attached hydrogens (tertiary/aromatic N) is 4. The molecule has 2 N–H and O–H groups in total. The Bertz CT molecular complexity index is 972. The van der Waals surface area contributed by atoms with Gasteiger partial charge in [0.05, 0.1) is 6.54 Å². The Labute approximate surface area is 164 Å². The lowest BCUT2D eigenvalue weighted by Gasteiger charge is -2.29. The Balaban J connectivity index is 1.41. The number of benzene rings is 1. The first-order valence-electron chi connectivity index (χ1n) is 9.41. The highest BCUT2D eigenvalue weighted by Crippen LogP contribution is 2.16. The SMILES string of the molecule is C[C@H](O)c1nccn1Cc1cc(C#Cc2ccc(N3CCNCC3)cc2)on1. The van der Waals surface area contributed by atoms with E-state index in [-0.39, 0.29) is 0 Å². The molecule has 1 saturated heterocycles. The summed E-state index contributed by atoms with van der Waals surface area (Å²) in [6.45, 7) is 6.26. The molecule has 0 spiro atoms. The largest absolute Gasteiger partial charge is 0.385 e. The van der Waals surface area contributed by atoms with Crippen molar-refractivity contribution in [2.75, 3.05) is 31.1 Å². The van der Waals surface area contributed by atoms with Gasteiger partial charge in [-0.1, -0.05) is 11.1 Å². The van der Waals surface area contributed by atoms with Crippen LogP contribution in [0.15, 0.2) is 47.2 Å². The monoisotopic (exact) mass is 377 g/mol. The first-order valence-corrected chi connectivity index (χ1v) is 9.41. The molecule has 28 heavy (non-hydrogen) atoms. The van der Waals surface area contributed by atoms with Crippen molar-refractivity contribution >= 4 is 5.69 Å². The van der Waals surface area contributed by atoms with Crippen LogP contribution in [-0.2, 0) is 6.54 Å². The van der Waals surface area contributed by atoms with Crippen LogP contribution in [0.25, 0.3) is 0 Å². The quantitative estimate of drug-likeness (QED) is 0.675. The van der Waals surface area contributed by atoms with Crippen molar-refractivity contribution in [3.05, 3.63) is 65.6 Å². The second-order valence-electron chi connectivity index (χ2n) is 6.81. The van der Waals surface area contributed by atoms with E-state index >= 15 is 0 Å². The summed E-state index contributed by atoms with van der Waals surface area (Å²) in [6.07, 6.45) is 2.83. The second kappa shape index (κ2) is 8.30. The molecule has 0 bridgehead atoms. The molecule has 1 aliphatic heterocycles. The maximum Gasteiger partial charge on any atom is 0.210 e. The fourth-order valence-corrected chi connectivity index (χ4v) is 3.25. The molecule has 3 aromatic rings. The molecule has 0 aliphatic carbocycles. The molecule has 1 aliphatic rings. The Morgan fingerprint density at radius 2 is 2.00 bits per heavy atom. The van der Waals surface area contributed by atoms with E-state index in [1.54, 1.807) is 13.1 Å². The van der Waals surface area contributed by atoms with Crippen molar-refractivity contribution in [2.45, 2.75) is 19.6 Å². The Kier molecular flexibility index (Phi) is 5.42. The number of rotatable bonds is 4. The second-order valence-corrected chi connectivity index (χ2v) is 6.81. The molecule has 144 valence electrons. The minimum Gasteiger partial charge on any atom is -0.385 e. The van der Waals surface area contributed by atoms with Gasteiger partial charge in [0.25, 0.3) is 0 Å². The number of piperazine rings is 1.